The topological polar surface area (TPSA) is 92.9 Å². The summed E-state index contributed by atoms with van der Waals surface area (Å²) in [5.41, 5.74) is 5.48. The van der Waals surface area contributed by atoms with E-state index in [0.29, 0.717) is 11.2 Å². The molecule has 0 radical (unpaired) electrons. The van der Waals surface area contributed by atoms with E-state index >= 15 is 0 Å². The number of carboxylic acids is 1. The van der Waals surface area contributed by atoms with E-state index in [9.17, 15) is 14.7 Å². The number of carboxylic acid groups (broad SMARTS) is 1. The predicted molar refractivity (Wildman–Crippen MR) is 111 cm³/mol. The molecule has 2 aromatic carbocycles. The van der Waals surface area contributed by atoms with E-state index in [1.54, 1.807) is 18.3 Å². The highest BCUT2D eigenvalue weighted by Gasteiger charge is 2.29. The van der Waals surface area contributed by atoms with Crippen molar-refractivity contribution in [3.8, 4) is 11.1 Å². The zero-order chi connectivity index (χ0) is 20.7. The van der Waals surface area contributed by atoms with E-state index in [0.717, 1.165) is 22.3 Å². The summed E-state index contributed by atoms with van der Waals surface area (Å²) in [6, 6.07) is 19.4. The molecule has 1 amide bonds. The maximum Gasteiger partial charge on any atom is 0.411 e. The average molecular weight is 399 g/mol. The molecule has 0 aliphatic heterocycles. The molecule has 148 valence electrons. The van der Waals surface area contributed by atoms with Crippen LogP contribution in [0.2, 0.25) is 0 Å². The number of carbonyl (C=O) groups is 2. The first-order valence-corrected chi connectivity index (χ1v) is 9.44. The number of hydrogen-bond acceptors (Lipinski definition) is 4. The molecule has 2 aromatic heterocycles. The quantitative estimate of drug-likeness (QED) is 0.531. The first-order chi connectivity index (χ1) is 14.6. The second-order valence-corrected chi connectivity index (χ2v) is 7.06. The normalized spacial score (nSPS) is 12.4. The number of pyridine rings is 1. The Morgan fingerprint density at radius 2 is 1.70 bits per heavy atom. The maximum atomic E-state index is 12.4. The molecule has 0 fully saturated rings. The molecule has 0 bridgehead atoms. The molecule has 7 nitrogen and oxygen atoms in total. The lowest BCUT2D eigenvalue weighted by atomic mass is 9.98. The van der Waals surface area contributed by atoms with Crippen LogP contribution in [0.1, 0.15) is 27.4 Å². The third-order valence-corrected chi connectivity index (χ3v) is 5.34. The summed E-state index contributed by atoms with van der Waals surface area (Å²) in [4.78, 5) is 23.7. The summed E-state index contributed by atoms with van der Waals surface area (Å²) < 4.78 is 6.96. The fourth-order valence-electron chi connectivity index (χ4n) is 3.98. The van der Waals surface area contributed by atoms with Gasteiger partial charge in [0.2, 0.25) is 0 Å². The summed E-state index contributed by atoms with van der Waals surface area (Å²) in [7, 11) is 0. The number of aromatic nitrogens is 2. The lowest BCUT2D eigenvalue weighted by molar-refractivity contribution is 0.0699. The van der Waals surface area contributed by atoms with E-state index in [4.69, 9.17) is 4.74 Å². The Morgan fingerprint density at radius 1 is 1.03 bits per heavy atom. The number of ether oxygens (including phenoxy) is 1. The molecular weight excluding hydrogens is 382 g/mol. The third-order valence-electron chi connectivity index (χ3n) is 5.34. The fourth-order valence-corrected chi connectivity index (χ4v) is 3.98. The van der Waals surface area contributed by atoms with Gasteiger partial charge in [0.25, 0.3) is 0 Å². The van der Waals surface area contributed by atoms with E-state index < -0.39 is 12.1 Å². The lowest BCUT2D eigenvalue weighted by Gasteiger charge is -2.14. The van der Waals surface area contributed by atoms with E-state index in [1.807, 2.05) is 24.3 Å². The first kappa shape index (κ1) is 17.9. The van der Waals surface area contributed by atoms with Crippen molar-refractivity contribution < 1.29 is 19.4 Å². The monoisotopic (exact) mass is 399 g/mol. The summed E-state index contributed by atoms with van der Waals surface area (Å²) in [5, 5.41) is 15.9. The number of nitrogens with zero attached hydrogens (tertiary/aromatic N) is 2. The molecule has 7 heteroatoms. The number of carbonyl (C=O) groups excluding carboxylic acids is 1. The maximum absolute atomic E-state index is 12.4. The number of anilines is 1. The second-order valence-electron chi connectivity index (χ2n) is 7.06. The van der Waals surface area contributed by atoms with Gasteiger partial charge in [0.1, 0.15) is 12.2 Å². The fraction of sp³-hybridized carbons (Fsp3) is 0.0870. The van der Waals surface area contributed by atoms with E-state index in [2.05, 4.69) is 34.7 Å². The van der Waals surface area contributed by atoms with Crippen molar-refractivity contribution >= 4 is 23.3 Å². The Hall–Kier alpha value is -4.13. The third kappa shape index (κ3) is 2.97. The van der Waals surface area contributed by atoms with Gasteiger partial charge >= 0.3 is 12.1 Å². The van der Waals surface area contributed by atoms with Crippen molar-refractivity contribution in [2.75, 3.05) is 11.9 Å². The summed E-state index contributed by atoms with van der Waals surface area (Å²) in [6.45, 7) is 0.204. The van der Waals surface area contributed by atoms with Crippen LogP contribution in [0.3, 0.4) is 0 Å². The van der Waals surface area contributed by atoms with Gasteiger partial charge in [-0.2, -0.15) is 5.10 Å². The largest absolute Gasteiger partial charge is 0.478 e. The Morgan fingerprint density at radius 3 is 2.37 bits per heavy atom. The van der Waals surface area contributed by atoms with Crippen molar-refractivity contribution in [3.63, 3.8) is 0 Å². The molecule has 2 N–H and O–H groups in total. The second kappa shape index (κ2) is 7.04. The molecule has 5 rings (SSSR count). The highest BCUT2D eigenvalue weighted by Crippen LogP contribution is 2.44. The molecule has 30 heavy (non-hydrogen) atoms. The molecule has 0 saturated heterocycles. The summed E-state index contributed by atoms with van der Waals surface area (Å²) in [6.07, 6.45) is 2.26. The number of aromatic carboxylic acids is 1. The number of nitrogens with one attached hydrogen (secondary N) is 1. The van der Waals surface area contributed by atoms with Crippen LogP contribution in [-0.4, -0.2) is 33.4 Å². The number of rotatable bonds is 4. The van der Waals surface area contributed by atoms with Gasteiger partial charge in [0.05, 0.1) is 11.7 Å². The molecular formula is C23H17N3O4. The standard InChI is InChI=1S/C23H17N3O4/c27-22(28)19-12-24-26-10-9-14(11-21(19)26)25-23(29)30-13-20-17-7-3-1-5-15(17)16-6-2-4-8-18(16)20/h1-12,20H,13H2,(H,25,29)(H,27,28). The first-order valence-electron chi connectivity index (χ1n) is 9.44. The van der Waals surface area contributed by atoms with Crippen LogP contribution in [0.25, 0.3) is 16.6 Å². The molecule has 2 heterocycles. The van der Waals surface area contributed by atoms with Gasteiger partial charge < -0.3 is 9.84 Å². The lowest BCUT2D eigenvalue weighted by Crippen LogP contribution is -2.18. The minimum atomic E-state index is -1.08. The van der Waals surface area contributed by atoms with Crippen LogP contribution in [-0.2, 0) is 4.74 Å². The molecule has 1 aliphatic carbocycles. The van der Waals surface area contributed by atoms with E-state index in [-0.39, 0.29) is 18.1 Å². The van der Waals surface area contributed by atoms with Gasteiger partial charge in [-0.05, 0) is 34.4 Å². The van der Waals surface area contributed by atoms with Gasteiger partial charge in [-0.1, -0.05) is 48.5 Å². The van der Waals surface area contributed by atoms with Crippen molar-refractivity contribution in [1.82, 2.24) is 9.61 Å². The van der Waals surface area contributed by atoms with Crippen LogP contribution in [0.15, 0.2) is 73.1 Å². The Bertz CT molecular complexity index is 1250. The van der Waals surface area contributed by atoms with Crippen LogP contribution in [0, 0.1) is 0 Å². The minimum absolute atomic E-state index is 0.0286. The van der Waals surface area contributed by atoms with Gasteiger partial charge in [-0.25, -0.2) is 14.1 Å². The summed E-state index contributed by atoms with van der Waals surface area (Å²) >= 11 is 0. The molecule has 0 spiro atoms. The number of amides is 1. The smallest absolute Gasteiger partial charge is 0.411 e. The Balaban J connectivity index is 1.33. The van der Waals surface area contributed by atoms with Crippen LogP contribution in [0.4, 0.5) is 10.5 Å². The molecule has 0 unspecified atom stereocenters. The van der Waals surface area contributed by atoms with Gasteiger partial charge in [-0.15, -0.1) is 0 Å². The molecule has 0 atom stereocenters. The van der Waals surface area contributed by atoms with Crippen molar-refractivity contribution in [2.45, 2.75) is 5.92 Å². The van der Waals surface area contributed by atoms with Gasteiger partial charge in [0, 0.05) is 17.8 Å². The van der Waals surface area contributed by atoms with Crippen molar-refractivity contribution in [2.24, 2.45) is 0 Å². The van der Waals surface area contributed by atoms with Crippen molar-refractivity contribution in [3.05, 3.63) is 89.7 Å². The van der Waals surface area contributed by atoms with Gasteiger partial charge in [0.15, 0.2) is 0 Å². The molecule has 0 saturated carbocycles. The highest BCUT2D eigenvalue weighted by atomic mass is 16.5. The number of benzene rings is 2. The van der Waals surface area contributed by atoms with Crippen LogP contribution in [0.5, 0.6) is 0 Å². The highest BCUT2D eigenvalue weighted by molar-refractivity contribution is 5.96. The zero-order valence-electron chi connectivity index (χ0n) is 15.8. The molecule has 4 aromatic rings. The van der Waals surface area contributed by atoms with Crippen LogP contribution >= 0.6 is 0 Å². The summed E-state index contributed by atoms with van der Waals surface area (Å²) in [5.74, 6) is -1.11. The van der Waals surface area contributed by atoms with E-state index in [1.165, 1.54) is 10.7 Å². The molecule has 1 aliphatic rings. The van der Waals surface area contributed by atoms with Gasteiger partial charge in [-0.3, -0.25) is 5.32 Å². The number of hydrogen-bond donors (Lipinski definition) is 2. The average Bonchev–Trinajstić information content (AvgIpc) is 3.31. The van der Waals surface area contributed by atoms with Crippen LogP contribution < -0.4 is 5.32 Å². The number of fused-ring (bicyclic) bond motifs is 4. The zero-order valence-corrected chi connectivity index (χ0v) is 15.8. The SMILES string of the molecule is O=C(Nc1ccn2ncc(C(=O)O)c2c1)OCC1c2ccccc2-c2ccccc21. The minimum Gasteiger partial charge on any atom is -0.478 e. The van der Waals surface area contributed by atoms with Crippen molar-refractivity contribution in [1.29, 1.82) is 0 Å². The Labute approximate surface area is 171 Å². The Kier molecular flexibility index (Phi) is 4.21. The predicted octanol–water partition coefficient (Wildman–Crippen LogP) is 4.39.